The van der Waals surface area contributed by atoms with E-state index in [9.17, 15) is 4.79 Å². The summed E-state index contributed by atoms with van der Waals surface area (Å²) in [6, 6.07) is 1.97. The molecule has 0 aliphatic heterocycles. The van der Waals surface area contributed by atoms with E-state index in [2.05, 4.69) is 10.3 Å². The third kappa shape index (κ3) is 2.83. The zero-order valence-corrected chi connectivity index (χ0v) is 9.77. The highest BCUT2D eigenvalue weighted by molar-refractivity contribution is 5.85. The van der Waals surface area contributed by atoms with Crippen molar-refractivity contribution in [3.63, 3.8) is 0 Å². The molecule has 0 saturated heterocycles. The van der Waals surface area contributed by atoms with Crippen LogP contribution in [-0.4, -0.2) is 22.0 Å². The molecule has 0 saturated carbocycles. The third-order valence-corrected chi connectivity index (χ3v) is 2.19. The van der Waals surface area contributed by atoms with Crippen LogP contribution in [-0.2, 0) is 11.8 Å². The zero-order valence-electron chi connectivity index (χ0n) is 9.77. The van der Waals surface area contributed by atoms with Crippen molar-refractivity contribution in [3.05, 3.63) is 18.2 Å². The Balaban J connectivity index is 2.73. The summed E-state index contributed by atoms with van der Waals surface area (Å²) in [6.45, 7) is 4.58. The van der Waals surface area contributed by atoms with Gasteiger partial charge in [-0.05, 0) is 5.92 Å². The van der Waals surface area contributed by atoms with Gasteiger partial charge in [-0.1, -0.05) is 13.8 Å². The first-order valence-electron chi connectivity index (χ1n) is 5.20. The summed E-state index contributed by atoms with van der Waals surface area (Å²) in [7, 11) is 1.77. The first kappa shape index (κ1) is 12.2. The molecule has 0 spiro atoms. The van der Waals surface area contributed by atoms with Gasteiger partial charge in [0.1, 0.15) is 5.82 Å². The Hall–Kier alpha value is -1.83. The van der Waals surface area contributed by atoms with Crippen LogP contribution in [0, 0.1) is 17.2 Å². The minimum absolute atomic E-state index is 0.287. The quantitative estimate of drug-likeness (QED) is 0.815. The SMILES string of the molecule is CC(C)CNC(=O)C(C#N)c1nccn1C. The minimum atomic E-state index is -0.834. The van der Waals surface area contributed by atoms with Gasteiger partial charge in [-0.15, -0.1) is 0 Å². The Kier molecular flexibility index (Phi) is 4.06. The molecule has 0 bridgehead atoms. The van der Waals surface area contributed by atoms with Crippen molar-refractivity contribution in [3.8, 4) is 6.07 Å². The van der Waals surface area contributed by atoms with E-state index in [1.54, 1.807) is 24.0 Å². The van der Waals surface area contributed by atoms with Crippen molar-refractivity contribution >= 4 is 5.91 Å². The van der Waals surface area contributed by atoms with E-state index in [4.69, 9.17) is 5.26 Å². The largest absolute Gasteiger partial charge is 0.354 e. The van der Waals surface area contributed by atoms with E-state index in [-0.39, 0.29) is 5.91 Å². The van der Waals surface area contributed by atoms with Gasteiger partial charge in [-0.3, -0.25) is 4.79 Å². The van der Waals surface area contributed by atoms with E-state index >= 15 is 0 Å². The average Bonchev–Trinajstić information content (AvgIpc) is 2.63. The molecule has 16 heavy (non-hydrogen) atoms. The van der Waals surface area contributed by atoms with Gasteiger partial charge in [-0.2, -0.15) is 5.26 Å². The number of carbonyl (C=O) groups is 1. The lowest BCUT2D eigenvalue weighted by molar-refractivity contribution is -0.121. The Morgan fingerprint density at radius 3 is 2.81 bits per heavy atom. The maximum atomic E-state index is 11.7. The van der Waals surface area contributed by atoms with Crippen molar-refractivity contribution in [2.75, 3.05) is 6.54 Å². The van der Waals surface area contributed by atoms with Gasteiger partial charge in [0.25, 0.3) is 0 Å². The predicted molar refractivity (Wildman–Crippen MR) is 59.4 cm³/mol. The molecule has 86 valence electrons. The number of hydrogen-bond acceptors (Lipinski definition) is 3. The molecule has 5 nitrogen and oxygen atoms in total. The van der Waals surface area contributed by atoms with Crippen LogP contribution in [0.2, 0.25) is 0 Å². The maximum absolute atomic E-state index is 11.7. The zero-order chi connectivity index (χ0) is 12.1. The Morgan fingerprint density at radius 2 is 2.38 bits per heavy atom. The van der Waals surface area contributed by atoms with E-state index in [1.807, 2.05) is 19.9 Å². The Labute approximate surface area is 95.1 Å². The number of nitriles is 1. The first-order valence-corrected chi connectivity index (χ1v) is 5.20. The monoisotopic (exact) mass is 220 g/mol. The van der Waals surface area contributed by atoms with Crippen molar-refractivity contribution in [1.29, 1.82) is 5.26 Å². The van der Waals surface area contributed by atoms with E-state index in [1.165, 1.54) is 0 Å². The number of aryl methyl sites for hydroxylation is 1. The summed E-state index contributed by atoms with van der Waals surface area (Å²) >= 11 is 0. The van der Waals surface area contributed by atoms with Crippen molar-refractivity contribution < 1.29 is 4.79 Å². The van der Waals surface area contributed by atoms with Crippen LogP contribution < -0.4 is 5.32 Å². The molecule has 1 rings (SSSR count). The number of aromatic nitrogens is 2. The molecule has 0 aromatic carbocycles. The van der Waals surface area contributed by atoms with Crippen LogP contribution in [0.3, 0.4) is 0 Å². The second-order valence-electron chi connectivity index (χ2n) is 4.10. The summed E-state index contributed by atoms with van der Waals surface area (Å²) < 4.78 is 1.68. The average molecular weight is 220 g/mol. The molecular weight excluding hydrogens is 204 g/mol. The van der Waals surface area contributed by atoms with Crippen molar-refractivity contribution in [1.82, 2.24) is 14.9 Å². The highest BCUT2D eigenvalue weighted by Crippen LogP contribution is 2.11. The number of nitrogens with zero attached hydrogens (tertiary/aromatic N) is 3. The molecule has 1 N–H and O–H groups in total. The van der Waals surface area contributed by atoms with Gasteiger partial charge in [-0.25, -0.2) is 4.98 Å². The molecule has 1 aromatic heterocycles. The van der Waals surface area contributed by atoms with Crippen LogP contribution in [0.25, 0.3) is 0 Å². The maximum Gasteiger partial charge on any atom is 0.245 e. The highest BCUT2D eigenvalue weighted by atomic mass is 16.1. The lowest BCUT2D eigenvalue weighted by Crippen LogP contribution is -2.32. The highest BCUT2D eigenvalue weighted by Gasteiger charge is 2.23. The molecule has 0 aliphatic carbocycles. The molecular formula is C11H16N4O. The van der Waals surface area contributed by atoms with Crippen LogP contribution >= 0.6 is 0 Å². The van der Waals surface area contributed by atoms with Gasteiger partial charge >= 0.3 is 0 Å². The van der Waals surface area contributed by atoms with E-state index < -0.39 is 5.92 Å². The summed E-state index contributed by atoms with van der Waals surface area (Å²) in [5, 5.41) is 11.7. The van der Waals surface area contributed by atoms with Crippen molar-refractivity contribution in [2.24, 2.45) is 13.0 Å². The summed E-state index contributed by atoms with van der Waals surface area (Å²) in [5.74, 6) is -0.280. The molecule has 1 amide bonds. The van der Waals surface area contributed by atoms with Crippen molar-refractivity contribution in [2.45, 2.75) is 19.8 Å². The summed E-state index contributed by atoms with van der Waals surface area (Å²) in [4.78, 5) is 15.8. The molecule has 1 atom stereocenters. The number of amides is 1. The van der Waals surface area contributed by atoms with Gasteiger partial charge in [0.15, 0.2) is 5.92 Å². The lowest BCUT2D eigenvalue weighted by atomic mass is 10.1. The van der Waals surface area contributed by atoms with Gasteiger partial charge in [0.05, 0.1) is 6.07 Å². The van der Waals surface area contributed by atoms with E-state index in [0.717, 1.165) is 0 Å². The van der Waals surface area contributed by atoms with Crippen LogP contribution in [0.15, 0.2) is 12.4 Å². The molecule has 0 aliphatic rings. The van der Waals surface area contributed by atoms with Crippen LogP contribution in [0.4, 0.5) is 0 Å². The van der Waals surface area contributed by atoms with Gasteiger partial charge in [0, 0.05) is 26.0 Å². The first-order chi connectivity index (χ1) is 7.56. The topological polar surface area (TPSA) is 70.7 Å². The molecule has 0 fully saturated rings. The molecule has 1 aromatic rings. The Bertz CT molecular complexity index is 402. The van der Waals surface area contributed by atoms with Crippen LogP contribution in [0.5, 0.6) is 0 Å². The number of hydrogen-bond donors (Lipinski definition) is 1. The number of nitrogens with one attached hydrogen (secondary N) is 1. The number of imidazole rings is 1. The molecule has 0 radical (unpaired) electrons. The third-order valence-electron chi connectivity index (χ3n) is 2.19. The van der Waals surface area contributed by atoms with Gasteiger partial charge < -0.3 is 9.88 Å². The second-order valence-corrected chi connectivity index (χ2v) is 4.10. The lowest BCUT2D eigenvalue weighted by Gasteiger charge is -2.11. The smallest absolute Gasteiger partial charge is 0.245 e. The fraction of sp³-hybridized carbons (Fsp3) is 0.545. The second kappa shape index (κ2) is 5.31. The summed E-state index contributed by atoms with van der Waals surface area (Å²) in [5.41, 5.74) is 0. The predicted octanol–water partition coefficient (Wildman–Crippen LogP) is 0.799. The normalized spacial score (nSPS) is 12.2. The van der Waals surface area contributed by atoms with Gasteiger partial charge in [0.2, 0.25) is 5.91 Å². The fourth-order valence-corrected chi connectivity index (χ4v) is 1.30. The van der Waals surface area contributed by atoms with Crippen LogP contribution in [0.1, 0.15) is 25.6 Å². The molecule has 5 heteroatoms. The molecule has 1 heterocycles. The fourth-order valence-electron chi connectivity index (χ4n) is 1.30. The standard InChI is InChI=1S/C11H16N4O/c1-8(2)7-14-11(16)9(6-12)10-13-4-5-15(10)3/h4-5,8-9H,7H2,1-3H3,(H,14,16). The number of rotatable bonds is 4. The summed E-state index contributed by atoms with van der Waals surface area (Å²) in [6.07, 6.45) is 3.30. The number of carbonyl (C=O) groups excluding carboxylic acids is 1. The van der Waals surface area contributed by atoms with E-state index in [0.29, 0.717) is 18.3 Å². The minimum Gasteiger partial charge on any atom is -0.354 e. The molecule has 1 unspecified atom stereocenters. The Morgan fingerprint density at radius 1 is 1.69 bits per heavy atom.